The van der Waals surface area contributed by atoms with Gasteiger partial charge in [0.25, 0.3) is 0 Å². The third kappa shape index (κ3) is 0.905. The summed E-state index contributed by atoms with van der Waals surface area (Å²) < 4.78 is 5.56. The van der Waals surface area contributed by atoms with Crippen LogP contribution >= 0.6 is 0 Å². The molecule has 2 atom stereocenters. The van der Waals surface area contributed by atoms with E-state index in [2.05, 4.69) is 0 Å². The standard InChI is InChI=1S/C15H10N4O/c1-20-15-4-2-10-12(15)11(3-5-15)14(8-18,9-19)13(10,6-16)7-17/h2-5,10-12H,1H3/t10-,11-,12?,15?/m1/s1. The molecule has 0 amide bonds. The molecule has 0 saturated heterocycles. The highest BCUT2D eigenvalue weighted by Crippen LogP contribution is 2.69. The minimum absolute atomic E-state index is 0.244. The summed E-state index contributed by atoms with van der Waals surface area (Å²) in [5.41, 5.74) is -4.02. The van der Waals surface area contributed by atoms with Crippen LogP contribution in [0.25, 0.3) is 0 Å². The normalized spacial score (nSPS) is 40.4. The summed E-state index contributed by atoms with van der Waals surface area (Å²) in [5.74, 6) is -1.19. The van der Waals surface area contributed by atoms with E-state index in [-0.39, 0.29) is 5.92 Å². The lowest BCUT2D eigenvalue weighted by molar-refractivity contribution is 0.0214. The zero-order valence-corrected chi connectivity index (χ0v) is 10.7. The lowest BCUT2D eigenvalue weighted by atomic mass is 9.63. The molecular weight excluding hydrogens is 252 g/mol. The van der Waals surface area contributed by atoms with Gasteiger partial charge in [0.15, 0.2) is 10.8 Å². The maximum Gasteiger partial charge on any atom is 0.182 e. The van der Waals surface area contributed by atoms with E-state index in [1.807, 2.05) is 36.4 Å². The fourth-order valence-electron chi connectivity index (χ4n) is 4.14. The Hall–Kier alpha value is -2.60. The molecule has 0 aromatic heterocycles. The van der Waals surface area contributed by atoms with Crippen molar-refractivity contribution in [1.82, 2.24) is 0 Å². The van der Waals surface area contributed by atoms with Gasteiger partial charge in [0.05, 0.1) is 24.3 Å². The fourth-order valence-corrected chi connectivity index (χ4v) is 4.14. The molecule has 0 unspecified atom stereocenters. The molecule has 0 aromatic rings. The zero-order valence-electron chi connectivity index (χ0n) is 10.7. The second-order valence-corrected chi connectivity index (χ2v) is 5.42. The predicted molar refractivity (Wildman–Crippen MR) is 65.8 cm³/mol. The van der Waals surface area contributed by atoms with Gasteiger partial charge in [0.1, 0.15) is 5.60 Å². The Morgan fingerprint density at radius 2 is 1.25 bits per heavy atom. The van der Waals surface area contributed by atoms with Crippen molar-refractivity contribution in [3.8, 4) is 24.3 Å². The van der Waals surface area contributed by atoms with Crippen LogP contribution in [0.4, 0.5) is 0 Å². The number of methoxy groups -OCH3 is 1. The first-order valence-electron chi connectivity index (χ1n) is 6.20. The van der Waals surface area contributed by atoms with Gasteiger partial charge in [0, 0.05) is 24.9 Å². The van der Waals surface area contributed by atoms with Gasteiger partial charge in [-0.1, -0.05) is 24.3 Å². The first-order valence-corrected chi connectivity index (χ1v) is 6.20. The quantitative estimate of drug-likeness (QED) is 0.665. The molecule has 3 rings (SSSR count). The van der Waals surface area contributed by atoms with E-state index in [9.17, 15) is 21.0 Å². The second-order valence-electron chi connectivity index (χ2n) is 5.42. The summed E-state index contributed by atoms with van der Waals surface area (Å²) >= 11 is 0. The molecule has 0 aliphatic heterocycles. The molecule has 0 spiro atoms. The van der Waals surface area contributed by atoms with Crippen LogP contribution in [-0.4, -0.2) is 12.7 Å². The maximum absolute atomic E-state index is 9.57. The number of ether oxygens (including phenoxy) is 1. The summed E-state index contributed by atoms with van der Waals surface area (Å²) in [5, 5.41) is 38.3. The summed E-state index contributed by atoms with van der Waals surface area (Å²) in [6, 6.07) is 7.88. The number of allylic oxidation sites excluding steroid dienone is 2. The van der Waals surface area contributed by atoms with Crippen molar-refractivity contribution in [2.75, 3.05) is 7.11 Å². The van der Waals surface area contributed by atoms with Crippen molar-refractivity contribution in [3.63, 3.8) is 0 Å². The topological polar surface area (TPSA) is 104 Å². The van der Waals surface area contributed by atoms with Crippen molar-refractivity contribution in [2.45, 2.75) is 5.60 Å². The van der Waals surface area contributed by atoms with Crippen molar-refractivity contribution in [1.29, 1.82) is 21.0 Å². The van der Waals surface area contributed by atoms with Gasteiger partial charge >= 0.3 is 0 Å². The van der Waals surface area contributed by atoms with E-state index in [4.69, 9.17) is 4.74 Å². The van der Waals surface area contributed by atoms with Crippen LogP contribution in [0.15, 0.2) is 24.3 Å². The minimum atomic E-state index is -1.66. The molecular formula is C15H10N4O. The van der Waals surface area contributed by atoms with Crippen LogP contribution in [0, 0.1) is 73.9 Å². The highest BCUT2D eigenvalue weighted by molar-refractivity contribution is 5.52. The Bertz CT molecular complexity index is 622. The highest BCUT2D eigenvalue weighted by atomic mass is 16.5. The van der Waals surface area contributed by atoms with E-state index >= 15 is 0 Å². The molecule has 20 heavy (non-hydrogen) atoms. The Morgan fingerprint density at radius 3 is 1.55 bits per heavy atom. The first kappa shape index (κ1) is 12.4. The van der Waals surface area contributed by atoms with Crippen LogP contribution < -0.4 is 0 Å². The molecule has 0 N–H and O–H groups in total. The van der Waals surface area contributed by atoms with Gasteiger partial charge in [-0.3, -0.25) is 0 Å². The van der Waals surface area contributed by atoms with Gasteiger partial charge in [-0.2, -0.15) is 21.0 Å². The fraction of sp³-hybridized carbons (Fsp3) is 0.467. The predicted octanol–water partition coefficient (Wildman–Crippen LogP) is 1.44. The smallest absolute Gasteiger partial charge is 0.182 e. The van der Waals surface area contributed by atoms with E-state index in [1.54, 1.807) is 19.3 Å². The third-order valence-corrected chi connectivity index (χ3v) is 5.10. The monoisotopic (exact) mass is 262 g/mol. The SMILES string of the molecule is COC12C=C[C@@H]3C1[C@@H](C=C2)C(C#N)(C#N)C3(C#N)C#N. The Balaban J connectivity index is 2.33. The van der Waals surface area contributed by atoms with Crippen molar-refractivity contribution < 1.29 is 4.74 Å². The van der Waals surface area contributed by atoms with Crippen molar-refractivity contribution in [3.05, 3.63) is 24.3 Å². The second kappa shape index (κ2) is 3.49. The van der Waals surface area contributed by atoms with Crippen molar-refractivity contribution >= 4 is 0 Å². The summed E-state index contributed by atoms with van der Waals surface area (Å²) in [7, 11) is 1.55. The third-order valence-electron chi connectivity index (χ3n) is 5.10. The zero-order chi connectivity index (χ0) is 14.6. The van der Waals surface area contributed by atoms with Gasteiger partial charge < -0.3 is 4.74 Å². The van der Waals surface area contributed by atoms with E-state index in [1.165, 1.54) is 0 Å². The average Bonchev–Trinajstić information content (AvgIpc) is 3.10. The molecule has 5 nitrogen and oxygen atoms in total. The maximum atomic E-state index is 9.57. The Labute approximate surface area is 116 Å². The van der Waals surface area contributed by atoms with Crippen LogP contribution in [0.5, 0.6) is 0 Å². The number of hydrogen-bond donors (Lipinski definition) is 0. The molecule has 96 valence electrons. The van der Waals surface area contributed by atoms with Crippen molar-refractivity contribution in [2.24, 2.45) is 28.6 Å². The van der Waals surface area contributed by atoms with Crippen LogP contribution in [0.2, 0.25) is 0 Å². The molecule has 0 radical (unpaired) electrons. The Kier molecular flexibility index (Phi) is 2.17. The van der Waals surface area contributed by atoms with E-state index < -0.39 is 28.3 Å². The highest BCUT2D eigenvalue weighted by Gasteiger charge is 2.76. The van der Waals surface area contributed by atoms with Crippen LogP contribution in [0.3, 0.4) is 0 Å². The summed E-state index contributed by atoms with van der Waals surface area (Å²) in [6.45, 7) is 0. The molecule has 5 heteroatoms. The lowest BCUT2D eigenvalue weighted by Crippen LogP contribution is -2.39. The number of nitriles is 4. The Morgan fingerprint density at radius 1 is 0.850 bits per heavy atom. The molecule has 0 aromatic carbocycles. The molecule has 3 aliphatic carbocycles. The molecule has 0 bridgehead atoms. The van der Waals surface area contributed by atoms with E-state index in [0.29, 0.717) is 0 Å². The lowest BCUT2D eigenvalue weighted by Gasteiger charge is -2.28. The number of rotatable bonds is 1. The molecule has 1 fully saturated rings. The molecule has 0 heterocycles. The first-order chi connectivity index (χ1) is 9.61. The minimum Gasteiger partial charge on any atom is -0.370 e. The number of nitrogens with zero attached hydrogens (tertiary/aromatic N) is 4. The van der Waals surface area contributed by atoms with Gasteiger partial charge in [-0.15, -0.1) is 0 Å². The van der Waals surface area contributed by atoms with Gasteiger partial charge in [0.2, 0.25) is 0 Å². The van der Waals surface area contributed by atoms with Gasteiger partial charge in [-0.25, -0.2) is 0 Å². The van der Waals surface area contributed by atoms with E-state index in [0.717, 1.165) is 0 Å². The van der Waals surface area contributed by atoms with Crippen LogP contribution in [0.1, 0.15) is 0 Å². The largest absolute Gasteiger partial charge is 0.370 e. The average molecular weight is 262 g/mol. The molecule has 1 saturated carbocycles. The number of hydrogen-bond acceptors (Lipinski definition) is 5. The molecule has 3 aliphatic rings. The van der Waals surface area contributed by atoms with Gasteiger partial charge in [-0.05, 0) is 0 Å². The summed E-state index contributed by atoms with van der Waals surface area (Å²) in [4.78, 5) is 0. The van der Waals surface area contributed by atoms with Crippen LogP contribution in [-0.2, 0) is 4.74 Å². The summed E-state index contributed by atoms with van der Waals surface area (Å²) in [6.07, 6.45) is 7.18.